The quantitative estimate of drug-likeness (QED) is 0.338. The van der Waals surface area contributed by atoms with Crippen LogP contribution in [0.5, 0.6) is 0 Å². The highest BCUT2D eigenvalue weighted by Gasteiger charge is 2.27. The van der Waals surface area contributed by atoms with Gasteiger partial charge in [-0.1, -0.05) is 44.1 Å². The Morgan fingerprint density at radius 2 is 1.66 bits per heavy atom. The molecule has 0 radical (unpaired) electrons. The van der Waals surface area contributed by atoms with Crippen LogP contribution < -0.4 is 0 Å². The van der Waals surface area contributed by atoms with Gasteiger partial charge in [-0.2, -0.15) is 0 Å². The smallest absolute Gasteiger partial charge is 0.166 e. The summed E-state index contributed by atoms with van der Waals surface area (Å²) in [5.74, 6) is 0.104. The van der Waals surface area contributed by atoms with E-state index in [0.29, 0.717) is 48.3 Å². The van der Waals surface area contributed by atoms with Gasteiger partial charge in [0.15, 0.2) is 11.6 Å². The highest BCUT2D eigenvalue weighted by atomic mass is 19.2. The van der Waals surface area contributed by atoms with Gasteiger partial charge in [-0.05, 0) is 112 Å². The summed E-state index contributed by atoms with van der Waals surface area (Å²) in [5.41, 5.74) is 3.03. The van der Waals surface area contributed by atoms with Crippen molar-refractivity contribution in [3.63, 3.8) is 0 Å². The van der Waals surface area contributed by atoms with Gasteiger partial charge < -0.3 is 4.74 Å². The van der Waals surface area contributed by atoms with Crippen LogP contribution in [-0.2, 0) is 11.2 Å². The number of benzene rings is 1. The van der Waals surface area contributed by atoms with E-state index >= 15 is 0 Å². The van der Waals surface area contributed by atoms with Gasteiger partial charge in [0.1, 0.15) is 11.9 Å². The average Bonchev–Trinajstić information content (AvgIpc) is 2.87. The Balaban J connectivity index is 1.28. The minimum atomic E-state index is -0.671. The van der Waals surface area contributed by atoms with E-state index in [1.807, 2.05) is 6.92 Å². The van der Waals surface area contributed by atoms with Crippen LogP contribution in [-0.4, -0.2) is 12.7 Å². The van der Waals surface area contributed by atoms with Crippen LogP contribution in [0.3, 0.4) is 0 Å². The van der Waals surface area contributed by atoms with Crippen LogP contribution in [0.2, 0.25) is 0 Å². The molecular weight excluding hydrogens is 445 g/mol. The number of ether oxygens (including phenoxy) is 1. The Labute approximate surface area is 209 Å². The summed E-state index contributed by atoms with van der Waals surface area (Å²) in [5, 5.41) is 0. The number of rotatable bonds is 9. The first-order valence-corrected chi connectivity index (χ1v) is 13.8. The van der Waals surface area contributed by atoms with Crippen LogP contribution in [0.1, 0.15) is 95.6 Å². The Morgan fingerprint density at radius 1 is 0.857 bits per heavy atom. The van der Waals surface area contributed by atoms with Crippen LogP contribution in [0, 0.1) is 29.4 Å². The maximum absolute atomic E-state index is 15.0. The standard InChI is InChI=1S/C31H41F3O/c1-3-5-21-8-13-24(14-9-21)27-18-16-25(30(33)31(27)34)15-10-22-6-11-23(12-7-22)26-17-19-29(35-4-2)28(32)20-26/h13,16-18,20-23,29H,3-12,14-15,19H2,1-2H3. The fraction of sp³-hybridized carbons (Fsp3) is 0.613. The van der Waals surface area contributed by atoms with Gasteiger partial charge in [0, 0.05) is 12.2 Å². The van der Waals surface area contributed by atoms with Crippen molar-refractivity contribution in [3.05, 3.63) is 64.5 Å². The van der Waals surface area contributed by atoms with Crippen molar-refractivity contribution in [1.82, 2.24) is 0 Å². The lowest BCUT2D eigenvalue weighted by molar-refractivity contribution is 0.0727. The third kappa shape index (κ3) is 6.50. The van der Waals surface area contributed by atoms with E-state index < -0.39 is 17.7 Å². The predicted octanol–water partition coefficient (Wildman–Crippen LogP) is 9.28. The third-order valence-electron chi connectivity index (χ3n) is 8.41. The zero-order chi connectivity index (χ0) is 24.8. The molecule has 2 atom stereocenters. The molecule has 0 aliphatic heterocycles. The molecule has 3 aliphatic carbocycles. The molecule has 4 rings (SSSR count). The van der Waals surface area contributed by atoms with Gasteiger partial charge in [-0.15, -0.1) is 0 Å². The summed E-state index contributed by atoms with van der Waals surface area (Å²) in [7, 11) is 0. The van der Waals surface area contributed by atoms with Gasteiger partial charge in [0.25, 0.3) is 0 Å². The summed E-state index contributed by atoms with van der Waals surface area (Å²) in [6.45, 7) is 4.60. The number of aryl methyl sites for hydroxylation is 1. The molecule has 1 aromatic carbocycles. The monoisotopic (exact) mass is 486 g/mol. The second-order valence-electron chi connectivity index (χ2n) is 10.7. The maximum Gasteiger partial charge on any atom is 0.166 e. The van der Waals surface area contributed by atoms with E-state index in [0.717, 1.165) is 62.5 Å². The van der Waals surface area contributed by atoms with Gasteiger partial charge in [-0.25, -0.2) is 13.2 Å². The molecule has 1 fully saturated rings. The molecule has 1 aromatic rings. The summed E-state index contributed by atoms with van der Waals surface area (Å²) in [4.78, 5) is 0. The first-order chi connectivity index (χ1) is 17.0. The van der Waals surface area contributed by atoms with Crippen molar-refractivity contribution in [2.75, 3.05) is 6.61 Å². The molecule has 0 heterocycles. The Hall–Kier alpha value is -1.81. The van der Waals surface area contributed by atoms with Gasteiger partial charge in [0.2, 0.25) is 0 Å². The van der Waals surface area contributed by atoms with Gasteiger partial charge >= 0.3 is 0 Å². The lowest BCUT2D eigenvalue weighted by Gasteiger charge is -2.31. The molecule has 35 heavy (non-hydrogen) atoms. The Bertz CT molecular complexity index is 952. The third-order valence-corrected chi connectivity index (χ3v) is 8.41. The van der Waals surface area contributed by atoms with Crippen LogP contribution >= 0.6 is 0 Å². The molecule has 0 amide bonds. The number of hydrogen-bond donors (Lipinski definition) is 0. The van der Waals surface area contributed by atoms with Crippen molar-refractivity contribution < 1.29 is 17.9 Å². The van der Waals surface area contributed by atoms with Crippen molar-refractivity contribution >= 4 is 5.57 Å². The van der Waals surface area contributed by atoms with Crippen molar-refractivity contribution in [3.8, 4) is 0 Å². The first kappa shape index (κ1) is 26.3. The average molecular weight is 487 g/mol. The zero-order valence-electron chi connectivity index (χ0n) is 21.4. The Morgan fingerprint density at radius 3 is 2.31 bits per heavy atom. The normalized spacial score (nSPS) is 27.3. The second kappa shape index (κ2) is 12.4. The summed E-state index contributed by atoms with van der Waals surface area (Å²) >= 11 is 0. The molecule has 1 nitrogen and oxygen atoms in total. The summed E-state index contributed by atoms with van der Waals surface area (Å²) in [6, 6.07) is 3.59. The highest BCUT2D eigenvalue weighted by molar-refractivity contribution is 5.67. The molecule has 192 valence electrons. The first-order valence-electron chi connectivity index (χ1n) is 13.8. The molecule has 4 heteroatoms. The van der Waals surface area contributed by atoms with Crippen molar-refractivity contribution in [1.29, 1.82) is 0 Å². The molecular formula is C31H41F3O. The fourth-order valence-corrected chi connectivity index (χ4v) is 6.28. The number of allylic oxidation sites excluding steroid dienone is 4. The lowest BCUT2D eigenvalue weighted by Crippen LogP contribution is -2.21. The van der Waals surface area contributed by atoms with E-state index in [-0.39, 0.29) is 5.83 Å². The minimum absolute atomic E-state index is 0.155. The molecule has 0 aromatic heterocycles. The number of hydrogen-bond acceptors (Lipinski definition) is 1. The van der Waals surface area contributed by atoms with Crippen LogP contribution in [0.25, 0.3) is 5.57 Å². The molecule has 0 N–H and O–H groups in total. The zero-order valence-corrected chi connectivity index (χ0v) is 21.4. The summed E-state index contributed by atoms with van der Waals surface area (Å²) < 4.78 is 49.7. The molecule has 2 unspecified atom stereocenters. The highest BCUT2D eigenvalue weighted by Crippen LogP contribution is 2.39. The van der Waals surface area contributed by atoms with Gasteiger partial charge in [-0.3, -0.25) is 0 Å². The van der Waals surface area contributed by atoms with E-state index in [1.54, 1.807) is 18.2 Å². The lowest BCUT2D eigenvalue weighted by atomic mass is 9.75. The van der Waals surface area contributed by atoms with E-state index in [1.165, 1.54) is 12.8 Å². The minimum Gasteiger partial charge on any atom is -0.371 e. The van der Waals surface area contributed by atoms with Crippen LogP contribution in [0.15, 0.2) is 41.8 Å². The van der Waals surface area contributed by atoms with Crippen LogP contribution in [0.4, 0.5) is 13.2 Å². The topological polar surface area (TPSA) is 9.23 Å². The molecule has 1 saturated carbocycles. The predicted molar refractivity (Wildman–Crippen MR) is 138 cm³/mol. The molecule has 0 spiro atoms. The maximum atomic E-state index is 15.0. The Kier molecular flexibility index (Phi) is 9.33. The van der Waals surface area contributed by atoms with E-state index in [9.17, 15) is 13.2 Å². The molecule has 0 bridgehead atoms. The summed E-state index contributed by atoms with van der Waals surface area (Å²) in [6.07, 6.45) is 17.0. The molecule has 3 aliphatic rings. The molecule has 0 saturated heterocycles. The number of halogens is 3. The fourth-order valence-electron chi connectivity index (χ4n) is 6.28. The van der Waals surface area contributed by atoms with E-state index in [2.05, 4.69) is 19.1 Å². The van der Waals surface area contributed by atoms with E-state index in [4.69, 9.17) is 4.74 Å². The second-order valence-corrected chi connectivity index (χ2v) is 10.7. The SMILES string of the molecule is CCCC1CC=C(c2ccc(CCC3CCC(C4=CCC(OCC)C(F)=C4)CC3)c(F)c2F)CC1. The van der Waals surface area contributed by atoms with Gasteiger partial charge in [0.05, 0.1) is 0 Å². The largest absolute Gasteiger partial charge is 0.371 e. The van der Waals surface area contributed by atoms with Crippen molar-refractivity contribution in [2.24, 2.45) is 17.8 Å². The van der Waals surface area contributed by atoms with Crippen molar-refractivity contribution in [2.45, 2.75) is 97.0 Å².